The van der Waals surface area contributed by atoms with Crippen molar-refractivity contribution in [2.75, 3.05) is 56.3 Å². The number of aliphatic hydroxyl groups is 1. The number of alkyl halides is 1. The molecule has 1 fully saturated rings. The third-order valence-corrected chi connectivity index (χ3v) is 8.23. The molecule has 1 aliphatic rings. The van der Waals surface area contributed by atoms with Crippen LogP contribution in [0.4, 0.5) is 24.3 Å². The minimum absolute atomic E-state index is 0.0934. The van der Waals surface area contributed by atoms with Crippen LogP contribution in [-0.4, -0.2) is 74.6 Å². The van der Waals surface area contributed by atoms with Crippen LogP contribution in [0, 0.1) is 11.6 Å². The van der Waals surface area contributed by atoms with Crippen molar-refractivity contribution in [2.45, 2.75) is 4.90 Å². The van der Waals surface area contributed by atoms with Crippen molar-refractivity contribution in [3.05, 3.63) is 78.3 Å². The molecule has 4 rings (SSSR count). The number of aliphatic hydroxyl groups excluding tert-OH is 1. The molecule has 0 atom stereocenters. The quantitative estimate of drug-likeness (QED) is 0.265. The molecule has 10 nitrogen and oxygen atoms in total. The smallest absolute Gasteiger partial charge is 0.264 e. The molecule has 3 aromatic rings. The van der Waals surface area contributed by atoms with Gasteiger partial charge in [-0.1, -0.05) is 30.1 Å². The highest BCUT2D eigenvalue weighted by molar-refractivity contribution is 7.89. The monoisotopic (exact) mass is 608 g/mol. The molecular formula is C26H27F3N6O4S2. The normalized spacial score (nSPS) is 14.4. The van der Waals surface area contributed by atoms with Crippen molar-refractivity contribution in [3.63, 3.8) is 0 Å². The van der Waals surface area contributed by atoms with Crippen molar-refractivity contribution in [3.8, 4) is 10.6 Å². The molecule has 1 aromatic carbocycles. The van der Waals surface area contributed by atoms with Gasteiger partial charge in [0.05, 0.1) is 41.8 Å². The largest absolute Gasteiger partial charge is 0.395 e. The van der Waals surface area contributed by atoms with E-state index in [9.17, 15) is 21.6 Å². The Bertz CT molecular complexity index is 1560. The van der Waals surface area contributed by atoms with Gasteiger partial charge in [0.15, 0.2) is 5.13 Å². The van der Waals surface area contributed by atoms with Crippen LogP contribution in [-0.2, 0) is 14.8 Å². The molecule has 3 heterocycles. The number of ether oxygens (including phenoxy) is 1. The standard InChI is InChI=1S/C26H27F3N6O4S2/c1-17(3-2-4-19(16-27)34-41(37,38)22-15-18(28)5-6-20(22)29)23-24(21-7-8-30-25(32-21)31-9-12-36)40-26(33-23)35-10-13-39-14-11-35/h2-8,15,34,36H,1,9-14,16H2,(H,30,31,32)/b3-2-,19-4+. The van der Waals surface area contributed by atoms with Gasteiger partial charge in [-0.25, -0.2) is 36.5 Å². The first-order chi connectivity index (χ1) is 19.7. The highest BCUT2D eigenvalue weighted by atomic mass is 32.2. The first-order valence-electron chi connectivity index (χ1n) is 12.3. The number of hydrogen-bond acceptors (Lipinski definition) is 10. The first kappa shape index (κ1) is 30.2. The average molecular weight is 609 g/mol. The molecule has 15 heteroatoms. The van der Waals surface area contributed by atoms with Crippen LogP contribution in [0.25, 0.3) is 16.1 Å². The number of nitrogens with zero attached hydrogens (tertiary/aromatic N) is 4. The van der Waals surface area contributed by atoms with Gasteiger partial charge in [0.2, 0.25) is 5.95 Å². The zero-order valence-electron chi connectivity index (χ0n) is 21.7. The fourth-order valence-corrected chi connectivity index (χ4v) is 6.00. The third-order valence-electron chi connectivity index (χ3n) is 5.67. The molecule has 0 aliphatic carbocycles. The Balaban J connectivity index is 1.60. The summed E-state index contributed by atoms with van der Waals surface area (Å²) in [5.41, 5.74) is 1.08. The predicted octanol–water partition coefficient (Wildman–Crippen LogP) is 3.52. The van der Waals surface area contributed by atoms with Gasteiger partial charge in [0.1, 0.15) is 23.2 Å². The maximum Gasteiger partial charge on any atom is 0.264 e. The molecule has 218 valence electrons. The fourth-order valence-electron chi connectivity index (χ4n) is 3.70. The van der Waals surface area contributed by atoms with Gasteiger partial charge in [-0.3, -0.25) is 4.72 Å². The van der Waals surface area contributed by atoms with E-state index in [1.54, 1.807) is 12.3 Å². The zero-order valence-corrected chi connectivity index (χ0v) is 23.3. The Labute approximate surface area is 239 Å². The number of thiazole rings is 1. The minimum atomic E-state index is -4.58. The van der Waals surface area contributed by atoms with Crippen molar-refractivity contribution in [2.24, 2.45) is 0 Å². The number of benzene rings is 1. The SMILES string of the molecule is C=C(/C=C\C=C(/CF)NS(=O)(=O)c1cc(F)ccc1F)c1nc(N2CCOCC2)sc1-c1ccnc(NCCO)n1. The highest BCUT2D eigenvalue weighted by Gasteiger charge is 2.22. The summed E-state index contributed by atoms with van der Waals surface area (Å²) in [6, 6.07) is 3.67. The summed E-state index contributed by atoms with van der Waals surface area (Å²) in [6.45, 7) is 5.44. The average Bonchev–Trinajstić information content (AvgIpc) is 3.43. The number of aromatic nitrogens is 3. The maximum atomic E-state index is 14.0. The molecule has 3 N–H and O–H groups in total. The summed E-state index contributed by atoms with van der Waals surface area (Å²) < 4.78 is 73.6. The summed E-state index contributed by atoms with van der Waals surface area (Å²) in [7, 11) is -4.58. The van der Waals surface area contributed by atoms with Crippen molar-refractivity contribution in [1.29, 1.82) is 0 Å². The van der Waals surface area contributed by atoms with Gasteiger partial charge in [-0.05, 0) is 35.9 Å². The number of nitrogens with one attached hydrogen (secondary N) is 2. The highest BCUT2D eigenvalue weighted by Crippen LogP contribution is 2.38. The lowest BCUT2D eigenvalue weighted by molar-refractivity contribution is 0.122. The van der Waals surface area contributed by atoms with E-state index in [4.69, 9.17) is 14.8 Å². The molecule has 2 aromatic heterocycles. The molecule has 1 saturated heterocycles. The van der Waals surface area contributed by atoms with Crippen molar-refractivity contribution >= 4 is 38.0 Å². The number of hydrogen-bond donors (Lipinski definition) is 3. The first-order valence-corrected chi connectivity index (χ1v) is 14.6. The summed E-state index contributed by atoms with van der Waals surface area (Å²) in [5, 5.41) is 12.7. The second-order valence-corrected chi connectivity index (χ2v) is 11.2. The Kier molecular flexibility index (Phi) is 10.1. The van der Waals surface area contributed by atoms with Gasteiger partial charge < -0.3 is 20.1 Å². The van der Waals surface area contributed by atoms with E-state index in [1.165, 1.54) is 23.5 Å². The van der Waals surface area contributed by atoms with E-state index in [0.29, 0.717) is 66.2 Å². The molecule has 0 amide bonds. The number of anilines is 2. The Morgan fingerprint density at radius 1 is 1.22 bits per heavy atom. The van der Waals surface area contributed by atoms with Gasteiger partial charge in [0, 0.05) is 25.8 Å². The molecule has 1 aliphatic heterocycles. The van der Waals surface area contributed by atoms with Crippen LogP contribution in [0.5, 0.6) is 0 Å². The van der Waals surface area contributed by atoms with Crippen LogP contribution < -0.4 is 14.9 Å². The lowest BCUT2D eigenvalue weighted by Gasteiger charge is -2.26. The van der Waals surface area contributed by atoms with Gasteiger partial charge >= 0.3 is 0 Å². The maximum absolute atomic E-state index is 14.0. The Morgan fingerprint density at radius 2 is 2.00 bits per heavy atom. The second-order valence-electron chi connectivity index (χ2n) is 8.58. The molecule has 0 spiro atoms. The third kappa shape index (κ3) is 7.70. The fraction of sp³-hybridized carbons (Fsp3) is 0.269. The van der Waals surface area contributed by atoms with Gasteiger partial charge in [-0.2, -0.15) is 0 Å². The van der Waals surface area contributed by atoms with Crippen molar-refractivity contribution < 1.29 is 31.4 Å². The van der Waals surface area contributed by atoms with E-state index in [2.05, 4.69) is 26.8 Å². The zero-order chi connectivity index (χ0) is 29.4. The summed E-state index contributed by atoms with van der Waals surface area (Å²) in [4.78, 5) is 15.3. The second kappa shape index (κ2) is 13.7. The topological polar surface area (TPSA) is 130 Å². The van der Waals surface area contributed by atoms with Crippen LogP contribution in [0.2, 0.25) is 0 Å². The lowest BCUT2D eigenvalue weighted by Crippen LogP contribution is -2.36. The van der Waals surface area contributed by atoms with Crippen LogP contribution >= 0.6 is 11.3 Å². The number of rotatable bonds is 12. The summed E-state index contributed by atoms with van der Waals surface area (Å²) in [5.74, 6) is -1.81. The van der Waals surface area contributed by atoms with Crippen molar-refractivity contribution in [1.82, 2.24) is 19.7 Å². The molecular weight excluding hydrogens is 581 g/mol. The number of morpholine rings is 1. The van der Waals surface area contributed by atoms with E-state index in [1.807, 2.05) is 4.72 Å². The van der Waals surface area contributed by atoms with Gasteiger partial charge in [0.25, 0.3) is 10.0 Å². The minimum Gasteiger partial charge on any atom is -0.395 e. The summed E-state index contributed by atoms with van der Waals surface area (Å²) in [6.07, 6.45) is 5.60. The van der Waals surface area contributed by atoms with Crippen LogP contribution in [0.15, 0.2) is 65.9 Å². The van der Waals surface area contributed by atoms with E-state index >= 15 is 0 Å². The Hall–Kier alpha value is -3.79. The predicted molar refractivity (Wildman–Crippen MR) is 151 cm³/mol. The number of halogens is 3. The lowest BCUT2D eigenvalue weighted by atomic mass is 10.1. The molecule has 0 radical (unpaired) electrons. The molecule has 41 heavy (non-hydrogen) atoms. The van der Waals surface area contributed by atoms with Gasteiger partial charge in [-0.15, -0.1) is 0 Å². The van der Waals surface area contributed by atoms with E-state index in [0.717, 1.165) is 17.3 Å². The van der Waals surface area contributed by atoms with E-state index < -0.39 is 38.9 Å². The van der Waals surface area contributed by atoms with Crippen LogP contribution in [0.3, 0.4) is 0 Å². The Morgan fingerprint density at radius 3 is 2.73 bits per heavy atom. The van der Waals surface area contributed by atoms with E-state index in [-0.39, 0.29) is 13.2 Å². The summed E-state index contributed by atoms with van der Waals surface area (Å²) >= 11 is 1.40. The molecule has 0 bridgehead atoms. The van der Waals surface area contributed by atoms with Crippen LogP contribution in [0.1, 0.15) is 5.69 Å². The number of sulfonamides is 1. The number of allylic oxidation sites excluding steroid dienone is 5. The molecule has 0 saturated carbocycles. The molecule has 0 unspecified atom stereocenters.